The molecular weight excluding hydrogens is 378 g/mol. The number of rotatable bonds is 5. The molecule has 7 heteroatoms. The van der Waals surface area contributed by atoms with Gasteiger partial charge in [-0.25, -0.2) is 4.98 Å². The summed E-state index contributed by atoms with van der Waals surface area (Å²) in [5.41, 5.74) is 2.25. The second-order valence-electron chi connectivity index (χ2n) is 6.78. The molecule has 0 spiro atoms. The Hall–Kier alpha value is -2.12. The largest absolute Gasteiger partial charge is 0.349 e. The summed E-state index contributed by atoms with van der Waals surface area (Å²) in [6.07, 6.45) is 3.14. The van der Waals surface area contributed by atoms with Crippen molar-refractivity contribution in [2.45, 2.75) is 37.4 Å². The lowest BCUT2D eigenvalue weighted by molar-refractivity contribution is -0.119. The number of hydrogen-bond donors (Lipinski definition) is 1. The monoisotopic (exact) mass is 399 g/mol. The van der Waals surface area contributed by atoms with Crippen LogP contribution in [0.4, 0.5) is 0 Å². The fraction of sp³-hybridized carbons (Fsp3) is 0.350. The van der Waals surface area contributed by atoms with Crippen LogP contribution in [0.15, 0.2) is 40.3 Å². The maximum Gasteiger partial charge on any atom is 0.262 e. The Balaban J connectivity index is 1.48. The van der Waals surface area contributed by atoms with Crippen LogP contribution in [-0.2, 0) is 24.7 Å². The third-order valence-corrected chi connectivity index (χ3v) is 7.13. The number of amides is 1. The molecule has 1 unspecified atom stereocenters. The van der Waals surface area contributed by atoms with Gasteiger partial charge in [0.1, 0.15) is 4.83 Å². The van der Waals surface area contributed by atoms with Crippen molar-refractivity contribution in [2.24, 2.45) is 7.05 Å². The summed E-state index contributed by atoms with van der Waals surface area (Å²) in [6, 6.07) is 9.80. The number of aryl methyl sites for hydroxylation is 2. The summed E-state index contributed by atoms with van der Waals surface area (Å²) in [4.78, 5) is 31.9. The van der Waals surface area contributed by atoms with Gasteiger partial charge in [-0.1, -0.05) is 42.1 Å². The van der Waals surface area contributed by atoms with Gasteiger partial charge >= 0.3 is 0 Å². The zero-order valence-electron chi connectivity index (χ0n) is 15.3. The minimum Gasteiger partial charge on any atom is -0.349 e. The first-order valence-corrected chi connectivity index (χ1v) is 10.8. The van der Waals surface area contributed by atoms with Gasteiger partial charge in [-0.3, -0.25) is 14.2 Å². The van der Waals surface area contributed by atoms with Crippen LogP contribution in [0.2, 0.25) is 0 Å². The van der Waals surface area contributed by atoms with E-state index in [2.05, 4.69) is 10.3 Å². The number of nitrogens with one attached hydrogen (secondary N) is 1. The standard InChI is InChI=1S/C20H21N3O2S2/c1-12(13-7-4-3-5-8-13)21-16(24)11-26-20-22-18-17(19(25)23(20)2)14-9-6-10-15(14)27-18/h3-5,7-8,12H,6,9-11H2,1-2H3,(H,21,24). The Bertz CT molecular complexity index is 1060. The fourth-order valence-corrected chi connectivity index (χ4v) is 5.56. The van der Waals surface area contributed by atoms with Crippen molar-refractivity contribution in [1.29, 1.82) is 0 Å². The molecule has 1 aliphatic rings. The molecule has 1 atom stereocenters. The molecule has 0 fully saturated rings. The Morgan fingerprint density at radius 2 is 2.11 bits per heavy atom. The maximum atomic E-state index is 12.8. The highest BCUT2D eigenvalue weighted by Gasteiger charge is 2.22. The van der Waals surface area contributed by atoms with Gasteiger partial charge in [0, 0.05) is 11.9 Å². The van der Waals surface area contributed by atoms with Crippen LogP contribution < -0.4 is 10.9 Å². The number of thiophene rings is 1. The molecular formula is C20H21N3O2S2. The van der Waals surface area contributed by atoms with E-state index in [4.69, 9.17) is 0 Å². The van der Waals surface area contributed by atoms with Crippen LogP contribution in [-0.4, -0.2) is 21.2 Å². The van der Waals surface area contributed by atoms with E-state index < -0.39 is 0 Å². The second kappa shape index (κ2) is 7.48. The molecule has 0 saturated heterocycles. The molecule has 1 N–H and O–H groups in total. The molecule has 1 aliphatic carbocycles. The van der Waals surface area contributed by atoms with E-state index in [0.29, 0.717) is 5.16 Å². The number of hydrogen-bond acceptors (Lipinski definition) is 5. The summed E-state index contributed by atoms with van der Waals surface area (Å²) in [5.74, 6) is 0.160. The van der Waals surface area contributed by atoms with Crippen LogP contribution in [0.25, 0.3) is 10.2 Å². The van der Waals surface area contributed by atoms with Crippen molar-refractivity contribution < 1.29 is 4.79 Å². The molecule has 0 bridgehead atoms. The van der Waals surface area contributed by atoms with E-state index in [1.807, 2.05) is 37.3 Å². The van der Waals surface area contributed by atoms with E-state index in [9.17, 15) is 9.59 Å². The molecule has 1 amide bonds. The Morgan fingerprint density at radius 3 is 2.89 bits per heavy atom. The van der Waals surface area contributed by atoms with Crippen molar-refractivity contribution in [3.8, 4) is 0 Å². The van der Waals surface area contributed by atoms with Crippen LogP contribution in [0, 0.1) is 0 Å². The average Bonchev–Trinajstić information content (AvgIpc) is 3.25. The summed E-state index contributed by atoms with van der Waals surface area (Å²) < 4.78 is 1.58. The van der Waals surface area contributed by atoms with Gasteiger partial charge in [-0.15, -0.1) is 11.3 Å². The number of thioether (sulfide) groups is 1. The highest BCUT2D eigenvalue weighted by Crippen LogP contribution is 2.35. The summed E-state index contributed by atoms with van der Waals surface area (Å²) in [7, 11) is 1.74. The molecule has 0 saturated carbocycles. The van der Waals surface area contributed by atoms with Gasteiger partial charge in [0.2, 0.25) is 5.91 Å². The predicted molar refractivity (Wildman–Crippen MR) is 111 cm³/mol. The van der Waals surface area contributed by atoms with Gasteiger partial charge in [0.15, 0.2) is 5.16 Å². The highest BCUT2D eigenvalue weighted by atomic mass is 32.2. The number of fused-ring (bicyclic) bond motifs is 3. The molecule has 4 rings (SSSR count). The zero-order chi connectivity index (χ0) is 19.0. The minimum absolute atomic E-state index is 0.0000354. The number of carbonyl (C=O) groups excluding carboxylic acids is 1. The average molecular weight is 400 g/mol. The summed E-state index contributed by atoms with van der Waals surface area (Å²) >= 11 is 2.94. The van der Waals surface area contributed by atoms with E-state index >= 15 is 0 Å². The molecule has 5 nitrogen and oxygen atoms in total. The van der Waals surface area contributed by atoms with Gasteiger partial charge in [-0.2, -0.15) is 0 Å². The van der Waals surface area contributed by atoms with Crippen LogP contribution >= 0.6 is 23.1 Å². The first-order valence-electron chi connectivity index (χ1n) is 9.03. The number of nitrogens with zero attached hydrogens (tertiary/aromatic N) is 2. The Morgan fingerprint density at radius 1 is 1.33 bits per heavy atom. The predicted octanol–water partition coefficient (Wildman–Crippen LogP) is 3.45. The van der Waals surface area contributed by atoms with Crippen LogP contribution in [0.5, 0.6) is 0 Å². The van der Waals surface area contributed by atoms with E-state index in [1.165, 1.54) is 22.2 Å². The minimum atomic E-state index is -0.0700. The van der Waals surface area contributed by atoms with Crippen molar-refractivity contribution in [3.63, 3.8) is 0 Å². The number of carbonyl (C=O) groups is 1. The maximum absolute atomic E-state index is 12.8. The second-order valence-corrected chi connectivity index (χ2v) is 8.81. The third kappa shape index (κ3) is 3.53. The highest BCUT2D eigenvalue weighted by molar-refractivity contribution is 7.99. The third-order valence-electron chi connectivity index (χ3n) is 4.91. The quantitative estimate of drug-likeness (QED) is 0.527. The Labute approximate surface area is 165 Å². The van der Waals surface area contributed by atoms with Crippen molar-refractivity contribution in [1.82, 2.24) is 14.9 Å². The molecule has 2 heterocycles. The van der Waals surface area contributed by atoms with E-state index in [1.54, 1.807) is 23.0 Å². The van der Waals surface area contributed by atoms with Crippen molar-refractivity contribution >= 4 is 39.2 Å². The van der Waals surface area contributed by atoms with Gasteiger partial charge in [0.05, 0.1) is 17.2 Å². The lowest BCUT2D eigenvalue weighted by Crippen LogP contribution is -2.28. The van der Waals surface area contributed by atoms with E-state index in [-0.39, 0.29) is 23.3 Å². The molecule has 1 aromatic carbocycles. The number of benzene rings is 1. The van der Waals surface area contributed by atoms with Crippen molar-refractivity contribution in [3.05, 3.63) is 56.7 Å². The van der Waals surface area contributed by atoms with Gasteiger partial charge < -0.3 is 5.32 Å². The molecule has 3 aromatic rings. The summed E-state index contributed by atoms with van der Waals surface area (Å²) in [6.45, 7) is 1.96. The van der Waals surface area contributed by atoms with Crippen molar-refractivity contribution in [2.75, 3.05) is 5.75 Å². The fourth-order valence-electron chi connectivity index (χ4n) is 3.47. The lowest BCUT2D eigenvalue weighted by Gasteiger charge is -2.14. The summed E-state index contributed by atoms with van der Waals surface area (Å²) in [5, 5.41) is 4.37. The topological polar surface area (TPSA) is 64.0 Å². The lowest BCUT2D eigenvalue weighted by atomic mass is 10.1. The first kappa shape index (κ1) is 18.3. The smallest absolute Gasteiger partial charge is 0.262 e. The van der Waals surface area contributed by atoms with Crippen LogP contribution in [0.3, 0.4) is 0 Å². The van der Waals surface area contributed by atoms with Gasteiger partial charge in [-0.05, 0) is 37.3 Å². The Kier molecular flexibility index (Phi) is 5.06. The molecule has 0 aliphatic heterocycles. The molecule has 27 heavy (non-hydrogen) atoms. The normalized spacial score (nSPS) is 14.3. The molecule has 140 valence electrons. The zero-order valence-corrected chi connectivity index (χ0v) is 17.0. The van der Waals surface area contributed by atoms with Gasteiger partial charge in [0.25, 0.3) is 5.56 Å². The number of aromatic nitrogens is 2. The van der Waals surface area contributed by atoms with E-state index in [0.717, 1.165) is 35.0 Å². The first-order chi connectivity index (χ1) is 13.0. The molecule has 0 radical (unpaired) electrons. The SMILES string of the molecule is CC(NC(=O)CSc1nc2sc3c(c2c(=O)n1C)CCC3)c1ccccc1. The molecule has 2 aromatic heterocycles. The van der Waals surface area contributed by atoms with Crippen LogP contribution in [0.1, 0.15) is 35.4 Å².